The number of piperidine rings is 2. The molecular weight excluding hydrogens is 315 g/mol. The molecule has 110 valence electrons. The Morgan fingerprint density at radius 3 is 2.80 bits per heavy atom. The third kappa shape index (κ3) is 2.84. The van der Waals surface area contributed by atoms with Gasteiger partial charge in [-0.1, -0.05) is 23.2 Å². The normalized spacial score (nSPS) is 27.0. The van der Waals surface area contributed by atoms with Gasteiger partial charge in [-0.3, -0.25) is 4.79 Å². The van der Waals surface area contributed by atoms with Crippen LogP contribution in [-0.4, -0.2) is 37.0 Å². The van der Waals surface area contributed by atoms with Crippen LogP contribution < -0.4 is 5.32 Å². The minimum atomic E-state index is 0.0304. The molecule has 0 aromatic carbocycles. The van der Waals surface area contributed by atoms with Crippen LogP contribution in [0.4, 0.5) is 0 Å². The monoisotopic (exact) mass is 332 g/mol. The van der Waals surface area contributed by atoms with Crippen LogP contribution in [-0.2, 0) is 0 Å². The Balaban J connectivity index is 1.76. The van der Waals surface area contributed by atoms with Crippen molar-refractivity contribution in [3.63, 3.8) is 0 Å². The number of hydrogen-bond acceptors (Lipinski definition) is 3. The fourth-order valence-corrected chi connectivity index (χ4v) is 4.86. The number of thiophene rings is 1. The maximum atomic E-state index is 12.6. The predicted octanol–water partition coefficient (Wildman–Crippen LogP) is 3.66. The van der Waals surface area contributed by atoms with E-state index in [1.807, 2.05) is 4.90 Å². The molecule has 3 nitrogen and oxygen atoms in total. The molecule has 0 radical (unpaired) electrons. The summed E-state index contributed by atoms with van der Waals surface area (Å²) in [6.45, 7) is 3.78. The molecule has 20 heavy (non-hydrogen) atoms. The molecule has 0 aliphatic carbocycles. The lowest BCUT2D eigenvalue weighted by Crippen LogP contribution is -2.52. The molecule has 1 N–H and O–H groups in total. The molecule has 6 heteroatoms. The van der Waals surface area contributed by atoms with Crippen LogP contribution >= 0.6 is 34.5 Å². The number of carbonyl (C=O) groups excluding carboxylic acids is 1. The molecule has 2 aliphatic rings. The lowest BCUT2D eigenvalue weighted by molar-refractivity contribution is 0.0434. The van der Waals surface area contributed by atoms with E-state index in [1.54, 1.807) is 6.07 Å². The van der Waals surface area contributed by atoms with E-state index in [2.05, 4.69) is 5.32 Å². The van der Waals surface area contributed by atoms with Crippen molar-refractivity contribution in [2.24, 2.45) is 5.41 Å². The highest BCUT2D eigenvalue weighted by atomic mass is 35.5. The molecule has 1 atom stereocenters. The zero-order valence-electron chi connectivity index (χ0n) is 11.3. The third-order valence-corrected chi connectivity index (χ3v) is 5.88. The van der Waals surface area contributed by atoms with Crippen LogP contribution in [0.15, 0.2) is 6.07 Å². The van der Waals surface area contributed by atoms with Crippen LogP contribution in [0.25, 0.3) is 0 Å². The summed E-state index contributed by atoms with van der Waals surface area (Å²) in [5, 5.41) is 3.48. The molecule has 1 aromatic heterocycles. The third-order valence-electron chi connectivity index (χ3n) is 4.40. The van der Waals surface area contributed by atoms with Gasteiger partial charge in [-0.25, -0.2) is 0 Å². The van der Waals surface area contributed by atoms with Crippen molar-refractivity contribution in [3.05, 3.63) is 20.3 Å². The van der Waals surface area contributed by atoms with E-state index < -0.39 is 0 Å². The Kier molecular flexibility index (Phi) is 4.27. The molecule has 2 fully saturated rings. The van der Waals surface area contributed by atoms with Gasteiger partial charge < -0.3 is 10.2 Å². The van der Waals surface area contributed by atoms with Crippen molar-refractivity contribution in [2.75, 3.05) is 26.2 Å². The number of halogens is 2. The first-order valence-electron chi connectivity index (χ1n) is 7.05. The summed E-state index contributed by atoms with van der Waals surface area (Å²) < 4.78 is 1.07. The Labute approximate surface area is 133 Å². The van der Waals surface area contributed by atoms with Crippen molar-refractivity contribution in [1.82, 2.24) is 10.2 Å². The SMILES string of the molecule is O=C(c1cc(Cl)sc1Cl)N1CCCC2(CCCNC2)C1. The van der Waals surface area contributed by atoms with Gasteiger partial charge >= 0.3 is 0 Å². The highest BCUT2D eigenvalue weighted by Crippen LogP contribution is 2.38. The van der Waals surface area contributed by atoms with E-state index in [9.17, 15) is 4.79 Å². The Bertz CT molecular complexity index is 506. The van der Waals surface area contributed by atoms with Crippen molar-refractivity contribution >= 4 is 40.4 Å². The first kappa shape index (κ1) is 14.6. The number of amides is 1. The highest BCUT2D eigenvalue weighted by molar-refractivity contribution is 7.20. The van der Waals surface area contributed by atoms with Crippen molar-refractivity contribution in [3.8, 4) is 0 Å². The Morgan fingerprint density at radius 1 is 1.35 bits per heavy atom. The second-order valence-corrected chi connectivity index (χ2v) is 8.13. The topological polar surface area (TPSA) is 32.3 Å². The van der Waals surface area contributed by atoms with Crippen LogP contribution in [0.3, 0.4) is 0 Å². The summed E-state index contributed by atoms with van der Waals surface area (Å²) in [5.74, 6) is 0.0304. The average Bonchev–Trinajstić information content (AvgIpc) is 2.78. The van der Waals surface area contributed by atoms with Crippen LogP contribution in [0.5, 0.6) is 0 Å². The van der Waals surface area contributed by atoms with Gasteiger partial charge in [-0.15, -0.1) is 11.3 Å². The average molecular weight is 333 g/mol. The zero-order chi connectivity index (χ0) is 14.2. The first-order chi connectivity index (χ1) is 9.60. The van der Waals surface area contributed by atoms with Crippen molar-refractivity contribution in [2.45, 2.75) is 25.7 Å². The number of rotatable bonds is 1. The maximum Gasteiger partial charge on any atom is 0.256 e. The molecule has 1 amide bonds. The minimum Gasteiger partial charge on any atom is -0.338 e. The van der Waals surface area contributed by atoms with Crippen molar-refractivity contribution < 1.29 is 4.79 Å². The summed E-state index contributed by atoms with van der Waals surface area (Å²) in [7, 11) is 0. The summed E-state index contributed by atoms with van der Waals surface area (Å²) in [4.78, 5) is 14.6. The fraction of sp³-hybridized carbons (Fsp3) is 0.643. The van der Waals surface area contributed by atoms with Crippen LogP contribution in [0.2, 0.25) is 8.67 Å². The zero-order valence-corrected chi connectivity index (χ0v) is 13.6. The largest absolute Gasteiger partial charge is 0.338 e. The van der Waals surface area contributed by atoms with Gasteiger partial charge in [-0.05, 0) is 38.3 Å². The van der Waals surface area contributed by atoms with Crippen molar-refractivity contribution in [1.29, 1.82) is 0 Å². The molecule has 1 spiro atoms. The molecule has 0 bridgehead atoms. The highest BCUT2D eigenvalue weighted by Gasteiger charge is 2.38. The standard InChI is InChI=1S/C14H18Cl2N2OS/c15-11-7-10(12(16)20-11)13(19)18-6-2-4-14(9-18)3-1-5-17-8-14/h7,17H,1-6,8-9H2. The van der Waals surface area contributed by atoms with Crippen LogP contribution in [0, 0.1) is 5.41 Å². The lowest BCUT2D eigenvalue weighted by Gasteiger charge is -2.45. The first-order valence-corrected chi connectivity index (χ1v) is 8.62. The van der Waals surface area contributed by atoms with Gasteiger partial charge in [0.15, 0.2) is 0 Å². The number of nitrogens with zero attached hydrogens (tertiary/aromatic N) is 1. The van der Waals surface area contributed by atoms with Gasteiger partial charge in [0, 0.05) is 25.0 Å². The lowest BCUT2D eigenvalue weighted by atomic mass is 9.74. The summed E-state index contributed by atoms with van der Waals surface area (Å²) in [6, 6.07) is 1.69. The van der Waals surface area contributed by atoms with E-state index in [0.717, 1.165) is 32.6 Å². The number of hydrogen-bond donors (Lipinski definition) is 1. The predicted molar refractivity (Wildman–Crippen MR) is 84.0 cm³/mol. The van der Waals surface area contributed by atoms with Gasteiger partial charge in [0.05, 0.1) is 9.90 Å². The number of carbonyl (C=O) groups is 1. The molecule has 3 heterocycles. The summed E-state index contributed by atoms with van der Waals surface area (Å²) in [6.07, 6.45) is 4.69. The molecule has 1 aromatic rings. The van der Waals surface area contributed by atoms with Gasteiger partial charge in [0.2, 0.25) is 0 Å². The van der Waals surface area contributed by atoms with E-state index in [-0.39, 0.29) is 11.3 Å². The quantitative estimate of drug-likeness (QED) is 0.851. The summed E-state index contributed by atoms with van der Waals surface area (Å²) >= 11 is 13.3. The van der Waals surface area contributed by atoms with E-state index in [1.165, 1.54) is 30.6 Å². The molecule has 2 aliphatic heterocycles. The molecule has 2 saturated heterocycles. The minimum absolute atomic E-state index is 0.0304. The van der Waals surface area contributed by atoms with E-state index in [0.29, 0.717) is 14.2 Å². The Hall–Kier alpha value is -0.290. The molecular formula is C14H18Cl2N2OS. The second-order valence-electron chi connectivity index (χ2n) is 5.85. The molecule has 3 rings (SSSR count). The van der Waals surface area contributed by atoms with E-state index in [4.69, 9.17) is 23.2 Å². The number of likely N-dealkylation sites (tertiary alicyclic amines) is 1. The Morgan fingerprint density at radius 2 is 2.15 bits per heavy atom. The van der Waals surface area contributed by atoms with Crippen LogP contribution in [0.1, 0.15) is 36.0 Å². The smallest absolute Gasteiger partial charge is 0.256 e. The summed E-state index contributed by atoms with van der Waals surface area (Å²) in [5.41, 5.74) is 0.820. The van der Waals surface area contributed by atoms with Gasteiger partial charge in [0.25, 0.3) is 5.91 Å². The molecule has 0 saturated carbocycles. The van der Waals surface area contributed by atoms with E-state index >= 15 is 0 Å². The second kappa shape index (κ2) is 5.84. The maximum absolute atomic E-state index is 12.6. The van der Waals surface area contributed by atoms with Gasteiger partial charge in [-0.2, -0.15) is 0 Å². The molecule has 1 unspecified atom stereocenters. The number of nitrogens with one attached hydrogen (secondary N) is 1. The fourth-order valence-electron chi connectivity index (χ4n) is 3.42. The van der Waals surface area contributed by atoms with Gasteiger partial charge in [0.1, 0.15) is 4.34 Å².